The molecule has 126 valence electrons. The molecule has 0 heterocycles. The molecule has 0 aliphatic heterocycles. The molecule has 27 heavy (non-hydrogen) atoms. The lowest BCUT2D eigenvalue weighted by Crippen LogP contribution is -1.90. The predicted molar refractivity (Wildman–Crippen MR) is 117 cm³/mol. The SMILES string of the molecule is C1=CCCC=1c1c2ccccc2cc2c1ccc1cc3ccccc3cc12. The maximum absolute atomic E-state index is 3.53. The second kappa shape index (κ2) is 5.58. The Hall–Kier alpha value is -3.34. The monoisotopic (exact) mass is 342 g/mol. The fourth-order valence-corrected chi connectivity index (χ4v) is 4.57. The minimum atomic E-state index is 1.08. The number of hydrogen-bond acceptors (Lipinski definition) is 0. The number of allylic oxidation sites excluding steroid dienone is 1. The van der Waals surface area contributed by atoms with Crippen LogP contribution in [0.25, 0.3) is 48.7 Å². The Kier molecular flexibility index (Phi) is 3.06. The van der Waals surface area contributed by atoms with Crippen LogP contribution in [-0.2, 0) is 0 Å². The van der Waals surface area contributed by atoms with E-state index in [1.165, 1.54) is 54.2 Å². The minimum absolute atomic E-state index is 1.08. The first-order chi connectivity index (χ1) is 13.4. The van der Waals surface area contributed by atoms with Crippen molar-refractivity contribution >= 4 is 48.7 Å². The molecule has 0 radical (unpaired) electrons. The van der Waals surface area contributed by atoms with Crippen molar-refractivity contribution in [3.05, 3.63) is 96.2 Å². The first-order valence-electron chi connectivity index (χ1n) is 9.60. The second-order valence-electron chi connectivity index (χ2n) is 7.42. The zero-order valence-electron chi connectivity index (χ0n) is 15.0. The van der Waals surface area contributed by atoms with E-state index >= 15 is 0 Å². The van der Waals surface area contributed by atoms with Gasteiger partial charge in [-0.25, -0.2) is 0 Å². The Balaban J connectivity index is 1.84. The lowest BCUT2D eigenvalue weighted by atomic mass is 9.89. The smallest absolute Gasteiger partial charge is 0.00245 e. The van der Waals surface area contributed by atoms with Crippen LogP contribution in [0.5, 0.6) is 0 Å². The van der Waals surface area contributed by atoms with Crippen LogP contribution in [0.4, 0.5) is 0 Å². The minimum Gasteiger partial charge on any atom is -0.121 e. The second-order valence-corrected chi connectivity index (χ2v) is 7.42. The normalized spacial score (nSPS) is 13.9. The van der Waals surface area contributed by atoms with Crippen molar-refractivity contribution in [3.8, 4) is 0 Å². The van der Waals surface area contributed by atoms with Crippen molar-refractivity contribution in [3.63, 3.8) is 0 Å². The highest BCUT2D eigenvalue weighted by Gasteiger charge is 2.15. The van der Waals surface area contributed by atoms with Crippen molar-refractivity contribution in [1.82, 2.24) is 0 Å². The average Bonchev–Trinajstić information content (AvgIpc) is 3.25. The van der Waals surface area contributed by atoms with Crippen LogP contribution in [0.15, 0.2) is 90.7 Å². The summed E-state index contributed by atoms with van der Waals surface area (Å²) < 4.78 is 0. The van der Waals surface area contributed by atoms with Crippen molar-refractivity contribution in [2.75, 3.05) is 0 Å². The fourth-order valence-electron chi connectivity index (χ4n) is 4.57. The van der Waals surface area contributed by atoms with Crippen LogP contribution >= 0.6 is 0 Å². The Morgan fingerprint density at radius 2 is 1.26 bits per heavy atom. The summed E-state index contributed by atoms with van der Waals surface area (Å²) in [5.41, 5.74) is 6.24. The number of hydrogen-bond donors (Lipinski definition) is 0. The van der Waals surface area contributed by atoms with Gasteiger partial charge in [0.2, 0.25) is 0 Å². The van der Waals surface area contributed by atoms with Gasteiger partial charge in [-0.3, -0.25) is 0 Å². The first kappa shape index (κ1) is 14.8. The van der Waals surface area contributed by atoms with Gasteiger partial charge in [0.15, 0.2) is 0 Å². The van der Waals surface area contributed by atoms with Gasteiger partial charge in [-0.1, -0.05) is 60.7 Å². The van der Waals surface area contributed by atoms with Gasteiger partial charge < -0.3 is 0 Å². The van der Waals surface area contributed by atoms with Gasteiger partial charge in [-0.05, 0) is 80.2 Å². The number of benzene rings is 5. The standard InChI is InChI=1S/C27H18/c1-2-8-18(7-1)27-23-12-6-5-11-21(23)17-26-24(27)14-13-22-15-19-9-3-4-10-20(19)16-25(22)26/h1,3-6,9-17H,2,8H2. The third-order valence-corrected chi connectivity index (χ3v) is 5.84. The molecule has 0 saturated carbocycles. The van der Waals surface area contributed by atoms with Gasteiger partial charge in [-0.15, -0.1) is 5.73 Å². The lowest BCUT2D eigenvalue weighted by Gasteiger charge is -2.14. The molecule has 1 aliphatic rings. The zero-order chi connectivity index (χ0) is 17.8. The van der Waals surface area contributed by atoms with Crippen LogP contribution in [-0.4, -0.2) is 0 Å². The molecule has 1 aliphatic carbocycles. The Labute approximate surface area is 158 Å². The largest absolute Gasteiger partial charge is 0.121 e. The van der Waals surface area contributed by atoms with Gasteiger partial charge >= 0.3 is 0 Å². The molecule has 0 bridgehead atoms. The van der Waals surface area contributed by atoms with Crippen molar-refractivity contribution in [1.29, 1.82) is 0 Å². The summed E-state index contributed by atoms with van der Waals surface area (Å²) in [6.07, 6.45) is 4.36. The molecule has 0 unspecified atom stereocenters. The van der Waals surface area contributed by atoms with Gasteiger partial charge in [-0.2, -0.15) is 0 Å². The highest BCUT2D eigenvalue weighted by atomic mass is 14.2. The molecule has 0 atom stereocenters. The summed E-state index contributed by atoms with van der Waals surface area (Å²) in [6, 6.07) is 29.0. The first-order valence-corrected chi connectivity index (χ1v) is 9.60. The van der Waals surface area contributed by atoms with Crippen molar-refractivity contribution in [2.24, 2.45) is 0 Å². The van der Waals surface area contributed by atoms with Crippen molar-refractivity contribution < 1.29 is 0 Å². The van der Waals surface area contributed by atoms with Gasteiger partial charge in [0, 0.05) is 11.1 Å². The van der Waals surface area contributed by atoms with Crippen molar-refractivity contribution in [2.45, 2.75) is 12.8 Å². The molecule has 0 nitrogen and oxygen atoms in total. The lowest BCUT2D eigenvalue weighted by molar-refractivity contribution is 1.11. The van der Waals surface area contributed by atoms with E-state index in [1.807, 2.05) is 0 Å². The summed E-state index contributed by atoms with van der Waals surface area (Å²) in [5.74, 6) is 0. The molecule has 5 aromatic carbocycles. The van der Waals surface area contributed by atoms with E-state index in [1.54, 1.807) is 0 Å². The Bertz CT molecular complexity index is 1440. The molecule has 0 aromatic heterocycles. The van der Waals surface area contributed by atoms with Crippen LogP contribution in [0.2, 0.25) is 0 Å². The van der Waals surface area contributed by atoms with E-state index in [4.69, 9.17) is 0 Å². The average molecular weight is 342 g/mol. The maximum atomic E-state index is 3.53. The molecular formula is C27H18. The zero-order valence-corrected chi connectivity index (χ0v) is 15.0. The third kappa shape index (κ3) is 2.18. The molecule has 0 amide bonds. The summed E-state index contributed by atoms with van der Waals surface area (Å²) in [5, 5.41) is 10.6. The molecule has 0 fully saturated rings. The highest BCUT2D eigenvalue weighted by Crippen LogP contribution is 2.39. The summed E-state index contributed by atoms with van der Waals surface area (Å²) in [4.78, 5) is 0. The van der Waals surface area contributed by atoms with Crippen LogP contribution in [0, 0.1) is 0 Å². The summed E-state index contributed by atoms with van der Waals surface area (Å²) in [6.45, 7) is 0. The molecular weight excluding hydrogens is 324 g/mol. The highest BCUT2D eigenvalue weighted by molar-refractivity contribution is 6.19. The van der Waals surface area contributed by atoms with E-state index in [-0.39, 0.29) is 0 Å². The molecule has 0 spiro atoms. The van der Waals surface area contributed by atoms with E-state index < -0.39 is 0 Å². The number of fused-ring (bicyclic) bond motifs is 5. The predicted octanol–water partition coefficient (Wildman–Crippen LogP) is 7.63. The van der Waals surface area contributed by atoms with Crippen LogP contribution in [0.3, 0.4) is 0 Å². The third-order valence-electron chi connectivity index (χ3n) is 5.84. The Morgan fingerprint density at radius 3 is 2.07 bits per heavy atom. The van der Waals surface area contributed by atoms with E-state index in [9.17, 15) is 0 Å². The Morgan fingerprint density at radius 1 is 0.556 bits per heavy atom. The maximum Gasteiger partial charge on any atom is 0.00245 e. The quantitative estimate of drug-likeness (QED) is 0.167. The molecule has 0 saturated heterocycles. The van der Waals surface area contributed by atoms with E-state index in [0.29, 0.717) is 0 Å². The summed E-state index contributed by atoms with van der Waals surface area (Å²) in [7, 11) is 0. The molecule has 5 aromatic rings. The number of rotatable bonds is 1. The van der Waals surface area contributed by atoms with E-state index in [0.717, 1.165) is 12.8 Å². The van der Waals surface area contributed by atoms with Gasteiger partial charge in [0.25, 0.3) is 0 Å². The fraction of sp³-hybridized carbons (Fsp3) is 0.0741. The molecule has 0 N–H and O–H groups in total. The van der Waals surface area contributed by atoms with Crippen LogP contribution in [0.1, 0.15) is 18.4 Å². The van der Waals surface area contributed by atoms with E-state index in [2.05, 4.69) is 90.7 Å². The van der Waals surface area contributed by atoms with Gasteiger partial charge in [0.1, 0.15) is 0 Å². The molecule has 0 heteroatoms. The summed E-state index contributed by atoms with van der Waals surface area (Å²) >= 11 is 0. The van der Waals surface area contributed by atoms with Gasteiger partial charge in [0.05, 0.1) is 0 Å². The molecule has 6 rings (SSSR count). The van der Waals surface area contributed by atoms with Crippen LogP contribution < -0.4 is 0 Å². The topological polar surface area (TPSA) is 0 Å².